The molecule has 1 unspecified atom stereocenters. The summed E-state index contributed by atoms with van der Waals surface area (Å²) in [6.07, 6.45) is 1.45. The predicted molar refractivity (Wildman–Crippen MR) is 84.9 cm³/mol. The molecule has 7 nitrogen and oxygen atoms in total. The minimum atomic E-state index is -0.873. The van der Waals surface area contributed by atoms with Gasteiger partial charge in [0, 0.05) is 19.5 Å². The number of nitrogens with one attached hydrogen (secondary N) is 2. The van der Waals surface area contributed by atoms with Gasteiger partial charge in [0.1, 0.15) is 0 Å². The number of carbonyl (C=O) groups is 3. The number of aliphatic carboxylic acids is 1. The highest BCUT2D eigenvalue weighted by molar-refractivity contribution is 5.81. The van der Waals surface area contributed by atoms with Crippen molar-refractivity contribution in [1.29, 1.82) is 0 Å². The van der Waals surface area contributed by atoms with Crippen LogP contribution in [0, 0.1) is 10.8 Å². The monoisotopic (exact) mass is 325 g/mol. The van der Waals surface area contributed by atoms with E-state index in [4.69, 9.17) is 0 Å². The van der Waals surface area contributed by atoms with Gasteiger partial charge >= 0.3 is 12.0 Å². The number of nitrogens with zero attached hydrogens (tertiary/aromatic N) is 1. The van der Waals surface area contributed by atoms with Crippen LogP contribution in [0.2, 0.25) is 0 Å². The Morgan fingerprint density at radius 3 is 2.57 bits per heavy atom. The second kappa shape index (κ2) is 6.02. The molecule has 0 saturated carbocycles. The van der Waals surface area contributed by atoms with Crippen molar-refractivity contribution in [3.8, 4) is 0 Å². The molecule has 130 valence electrons. The van der Waals surface area contributed by atoms with Gasteiger partial charge in [0.25, 0.3) is 0 Å². The number of amides is 3. The Balaban J connectivity index is 2.02. The fraction of sp³-hybridized carbons (Fsp3) is 0.812. The Bertz CT molecular complexity index is 514. The second-order valence-corrected chi connectivity index (χ2v) is 8.04. The Morgan fingerprint density at radius 1 is 1.39 bits per heavy atom. The Morgan fingerprint density at radius 2 is 2.04 bits per heavy atom. The fourth-order valence-electron chi connectivity index (χ4n) is 3.33. The minimum Gasteiger partial charge on any atom is -0.481 e. The standard InChI is InChI=1S/C16H27N3O4/c1-15(2,3)12-10(5-6-11(20)18-12)17-14(23)19-8-7-16(4,9-19)13(21)22/h10,12H,5-9H2,1-4H3,(H,17,23)(H,18,20)(H,21,22)/t10-,12-,16?/m1/s1. The number of piperidine rings is 1. The molecule has 0 spiro atoms. The first-order valence-corrected chi connectivity index (χ1v) is 8.11. The number of carbonyl (C=O) groups excluding carboxylic acids is 2. The van der Waals surface area contributed by atoms with Crippen LogP contribution in [0.3, 0.4) is 0 Å². The normalized spacial score (nSPS) is 31.7. The van der Waals surface area contributed by atoms with E-state index in [1.54, 1.807) is 11.8 Å². The van der Waals surface area contributed by atoms with Crippen molar-refractivity contribution in [2.24, 2.45) is 10.8 Å². The number of hydrogen-bond donors (Lipinski definition) is 3. The molecular formula is C16H27N3O4. The highest BCUT2D eigenvalue weighted by Gasteiger charge is 2.43. The first kappa shape index (κ1) is 17.6. The zero-order chi connectivity index (χ0) is 17.4. The van der Waals surface area contributed by atoms with Crippen LogP contribution in [0.1, 0.15) is 47.0 Å². The van der Waals surface area contributed by atoms with Crippen LogP contribution in [-0.2, 0) is 9.59 Å². The van der Waals surface area contributed by atoms with Crippen molar-refractivity contribution in [1.82, 2.24) is 15.5 Å². The molecule has 23 heavy (non-hydrogen) atoms. The summed E-state index contributed by atoms with van der Waals surface area (Å²) in [4.78, 5) is 37.0. The van der Waals surface area contributed by atoms with Crippen molar-refractivity contribution in [3.05, 3.63) is 0 Å². The zero-order valence-electron chi connectivity index (χ0n) is 14.3. The van der Waals surface area contributed by atoms with Crippen molar-refractivity contribution >= 4 is 17.9 Å². The van der Waals surface area contributed by atoms with Crippen molar-refractivity contribution < 1.29 is 19.5 Å². The van der Waals surface area contributed by atoms with Gasteiger partial charge in [0.2, 0.25) is 5.91 Å². The summed E-state index contributed by atoms with van der Waals surface area (Å²) in [6, 6.07) is -0.525. The molecular weight excluding hydrogens is 298 g/mol. The molecule has 0 aromatic heterocycles. The Hall–Kier alpha value is -1.79. The van der Waals surface area contributed by atoms with Gasteiger partial charge in [-0.15, -0.1) is 0 Å². The largest absolute Gasteiger partial charge is 0.481 e. The van der Waals surface area contributed by atoms with E-state index >= 15 is 0 Å². The van der Waals surface area contributed by atoms with E-state index in [1.165, 1.54) is 0 Å². The number of rotatable bonds is 2. The smallest absolute Gasteiger partial charge is 0.317 e. The van der Waals surface area contributed by atoms with Crippen LogP contribution < -0.4 is 10.6 Å². The number of carboxylic acid groups (broad SMARTS) is 1. The molecule has 2 fully saturated rings. The van der Waals surface area contributed by atoms with Gasteiger partial charge in [0.05, 0.1) is 17.5 Å². The molecule has 0 bridgehead atoms. The predicted octanol–water partition coefficient (Wildman–Crippen LogP) is 1.19. The van der Waals surface area contributed by atoms with Crippen molar-refractivity contribution in [2.45, 2.75) is 59.0 Å². The molecule has 3 atom stereocenters. The molecule has 2 aliphatic heterocycles. The van der Waals surface area contributed by atoms with E-state index in [-0.39, 0.29) is 36.0 Å². The number of hydrogen-bond acceptors (Lipinski definition) is 3. The first-order chi connectivity index (χ1) is 10.5. The summed E-state index contributed by atoms with van der Waals surface area (Å²) in [5.41, 5.74) is -1.05. The maximum absolute atomic E-state index is 12.5. The third kappa shape index (κ3) is 3.76. The van der Waals surface area contributed by atoms with Gasteiger partial charge in [-0.2, -0.15) is 0 Å². The molecule has 3 N–H and O–H groups in total. The van der Waals surface area contributed by atoms with Crippen LogP contribution >= 0.6 is 0 Å². The lowest BCUT2D eigenvalue weighted by Crippen LogP contribution is -2.61. The van der Waals surface area contributed by atoms with E-state index in [9.17, 15) is 19.5 Å². The van der Waals surface area contributed by atoms with E-state index in [1.807, 2.05) is 20.8 Å². The molecule has 0 aliphatic carbocycles. The second-order valence-electron chi connectivity index (χ2n) is 8.04. The van der Waals surface area contributed by atoms with Gasteiger partial charge in [-0.25, -0.2) is 4.79 Å². The van der Waals surface area contributed by atoms with Gasteiger partial charge in [0.15, 0.2) is 0 Å². The molecule has 2 heterocycles. The third-order valence-corrected chi connectivity index (χ3v) is 4.92. The first-order valence-electron chi connectivity index (χ1n) is 8.11. The summed E-state index contributed by atoms with van der Waals surface area (Å²) in [5, 5.41) is 15.2. The Kier molecular flexibility index (Phi) is 4.59. The van der Waals surface area contributed by atoms with Crippen LogP contribution in [0.4, 0.5) is 4.79 Å². The quantitative estimate of drug-likeness (QED) is 0.710. The lowest BCUT2D eigenvalue weighted by molar-refractivity contribution is -0.147. The van der Waals surface area contributed by atoms with E-state index in [0.29, 0.717) is 25.8 Å². The molecule has 7 heteroatoms. The summed E-state index contributed by atoms with van der Waals surface area (Å²) in [7, 11) is 0. The third-order valence-electron chi connectivity index (χ3n) is 4.92. The van der Waals surface area contributed by atoms with Crippen LogP contribution in [0.15, 0.2) is 0 Å². The number of likely N-dealkylation sites (tertiary alicyclic amines) is 1. The summed E-state index contributed by atoms with van der Waals surface area (Å²) >= 11 is 0. The lowest BCUT2D eigenvalue weighted by Gasteiger charge is -2.41. The highest BCUT2D eigenvalue weighted by Crippen LogP contribution is 2.31. The number of carboxylic acids is 1. The molecule has 2 aliphatic rings. The maximum atomic E-state index is 12.5. The SMILES string of the molecule is CC1(C(=O)O)CCN(C(=O)N[C@@H]2CCC(=O)N[C@H]2C(C)(C)C)C1. The molecule has 0 aromatic rings. The zero-order valence-corrected chi connectivity index (χ0v) is 14.3. The average Bonchev–Trinajstić information content (AvgIpc) is 2.84. The van der Waals surface area contributed by atoms with E-state index < -0.39 is 11.4 Å². The van der Waals surface area contributed by atoms with Crippen LogP contribution in [0.25, 0.3) is 0 Å². The van der Waals surface area contributed by atoms with Crippen LogP contribution in [0.5, 0.6) is 0 Å². The maximum Gasteiger partial charge on any atom is 0.317 e. The molecule has 0 aromatic carbocycles. The fourth-order valence-corrected chi connectivity index (χ4v) is 3.33. The van der Waals surface area contributed by atoms with Crippen LogP contribution in [-0.4, -0.2) is 53.1 Å². The lowest BCUT2D eigenvalue weighted by atomic mass is 9.79. The highest BCUT2D eigenvalue weighted by atomic mass is 16.4. The molecule has 2 saturated heterocycles. The minimum absolute atomic E-state index is 0.00930. The molecule has 0 radical (unpaired) electrons. The van der Waals surface area contributed by atoms with Crippen molar-refractivity contribution in [3.63, 3.8) is 0 Å². The molecule has 2 rings (SSSR count). The van der Waals surface area contributed by atoms with Crippen molar-refractivity contribution in [2.75, 3.05) is 13.1 Å². The molecule has 3 amide bonds. The summed E-state index contributed by atoms with van der Waals surface area (Å²) in [6.45, 7) is 8.40. The van der Waals surface area contributed by atoms with E-state index in [2.05, 4.69) is 10.6 Å². The number of urea groups is 1. The van der Waals surface area contributed by atoms with E-state index in [0.717, 1.165) is 0 Å². The van der Waals surface area contributed by atoms with Gasteiger partial charge in [-0.1, -0.05) is 20.8 Å². The van der Waals surface area contributed by atoms with Gasteiger partial charge < -0.3 is 20.6 Å². The van der Waals surface area contributed by atoms with Gasteiger partial charge in [-0.05, 0) is 25.2 Å². The summed E-state index contributed by atoms with van der Waals surface area (Å²) < 4.78 is 0. The average molecular weight is 325 g/mol. The Labute approximate surface area is 136 Å². The van der Waals surface area contributed by atoms with Gasteiger partial charge in [-0.3, -0.25) is 9.59 Å². The topological polar surface area (TPSA) is 98.7 Å². The summed E-state index contributed by atoms with van der Waals surface area (Å²) in [5.74, 6) is -0.861.